The Kier molecular flexibility index (Phi) is 2.92. The molecule has 2 bridgehead atoms. The van der Waals surface area contributed by atoms with Crippen molar-refractivity contribution in [2.45, 2.75) is 37.0 Å². The number of nitrogens with zero attached hydrogens (tertiary/aromatic N) is 2. The lowest BCUT2D eigenvalue weighted by Gasteiger charge is -2.43. The van der Waals surface area contributed by atoms with Gasteiger partial charge in [-0.1, -0.05) is 12.1 Å². The Bertz CT molecular complexity index is 869. The maximum atomic E-state index is 13.0. The Hall–Kier alpha value is -2.89. The lowest BCUT2D eigenvalue weighted by molar-refractivity contribution is 0.0691. The summed E-state index contributed by atoms with van der Waals surface area (Å²) in [5, 5.41) is 6.69. The molecule has 6 nitrogen and oxygen atoms in total. The van der Waals surface area contributed by atoms with E-state index in [2.05, 4.69) is 15.6 Å². The molecule has 3 atom stereocenters. The van der Waals surface area contributed by atoms with Crippen LogP contribution in [0.15, 0.2) is 48.8 Å². The van der Waals surface area contributed by atoms with Gasteiger partial charge in [0.25, 0.3) is 11.8 Å². The molecule has 2 aromatic rings. The highest BCUT2D eigenvalue weighted by Crippen LogP contribution is 2.46. The van der Waals surface area contributed by atoms with E-state index in [0.29, 0.717) is 11.1 Å². The van der Waals surface area contributed by atoms with Crippen LogP contribution in [0.2, 0.25) is 0 Å². The number of amides is 2. The lowest BCUT2D eigenvalue weighted by Crippen LogP contribution is -2.64. The Morgan fingerprint density at radius 1 is 1.16 bits per heavy atom. The van der Waals surface area contributed by atoms with E-state index in [4.69, 9.17) is 0 Å². The molecule has 2 fully saturated rings. The molecule has 1 spiro atoms. The summed E-state index contributed by atoms with van der Waals surface area (Å²) in [6, 6.07) is 11.2. The van der Waals surface area contributed by atoms with Crippen molar-refractivity contribution < 1.29 is 9.59 Å². The molecule has 0 aliphatic carbocycles. The van der Waals surface area contributed by atoms with Gasteiger partial charge in [-0.05, 0) is 37.1 Å². The number of fused-ring (bicyclic) bond motifs is 4. The summed E-state index contributed by atoms with van der Waals surface area (Å²) in [4.78, 5) is 31.6. The van der Waals surface area contributed by atoms with Crippen molar-refractivity contribution in [3.05, 3.63) is 59.9 Å². The van der Waals surface area contributed by atoms with Crippen molar-refractivity contribution in [1.82, 2.24) is 15.2 Å². The third kappa shape index (κ3) is 2.00. The number of carbonyl (C=O) groups is 2. The fraction of sp³-hybridized carbons (Fsp3) is 0.316. The summed E-state index contributed by atoms with van der Waals surface area (Å²) in [6.07, 6.45) is 5.85. The van der Waals surface area contributed by atoms with Gasteiger partial charge in [0.15, 0.2) is 0 Å². The molecular formula is C19H18N4O2. The summed E-state index contributed by atoms with van der Waals surface area (Å²) in [5.41, 5.74) is 1.51. The zero-order valence-corrected chi connectivity index (χ0v) is 13.6. The van der Waals surface area contributed by atoms with Gasteiger partial charge in [0.05, 0.1) is 17.2 Å². The van der Waals surface area contributed by atoms with Gasteiger partial charge in [0.1, 0.15) is 5.66 Å². The number of carbonyl (C=O) groups excluding carboxylic acids is 2. The molecule has 126 valence electrons. The first-order valence-corrected chi connectivity index (χ1v) is 8.60. The number of hydrogen-bond donors (Lipinski definition) is 2. The van der Waals surface area contributed by atoms with Crippen LogP contribution in [0.4, 0.5) is 5.69 Å². The third-order valence-electron chi connectivity index (χ3n) is 5.64. The number of pyridine rings is 1. The van der Waals surface area contributed by atoms with E-state index in [9.17, 15) is 9.59 Å². The van der Waals surface area contributed by atoms with Crippen molar-refractivity contribution in [3.8, 4) is 0 Å². The average Bonchev–Trinajstić information content (AvgIpc) is 3.17. The van der Waals surface area contributed by atoms with Gasteiger partial charge >= 0.3 is 0 Å². The Morgan fingerprint density at radius 3 is 2.88 bits per heavy atom. The predicted octanol–water partition coefficient (Wildman–Crippen LogP) is 2.01. The maximum Gasteiger partial charge on any atom is 0.256 e. The first-order chi connectivity index (χ1) is 12.2. The standard InChI is InChI=1S/C19H18N4O2/c24-17-14-5-1-2-6-15(14)21-19(22-17)10-13-7-8-16(19)23(13)18(25)12-4-3-9-20-11-12/h1-6,9,11,13,16,21H,7-8,10H2,(H,22,24)/t13-,16-,19+/m1/s1. The van der Waals surface area contributed by atoms with Crippen LogP contribution in [-0.2, 0) is 0 Å². The molecule has 0 radical (unpaired) electrons. The van der Waals surface area contributed by atoms with Gasteiger partial charge < -0.3 is 15.5 Å². The van der Waals surface area contributed by atoms with E-state index in [0.717, 1.165) is 24.9 Å². The minimum atomic E-state index is -0.577. The first kappa shape index (κ1) is 14.5. The Morgan fingerprint density at radius 2 is 2.04 bits per heavy atom. The van der Waals surface area contributed by atoms with Crippen molar-refractivity contribution in [3.63, 3.8) is 0 Å². The maximum absolute atomic E-state index is 13.0. The van der Waals surface area contributed by atoms with Crippen LogP contribution in [0.1, 0.15) is 40.0 Å². The summed E-state index contributed by atoms with van der Waals surface area (Å²) >= 11 is 0. The van der Waals surface area contributed by atoms with E-state index < -0.39 is 5.66 Å². The molecule has 1 aromatic heterocycles. The fourth-order valence-electron chi connectivity index (χ4n) is 4.62. The number of rotatable bonds is 1. The highest BCUT2D eigenvalue weighted by atomic mass is 16.2. The summed E-state index contributed by atoms with van der Waals surface area (Å²) in [6.45, 7) is 0. The second-order valence-electron chi connectivity index (χ2n) is 7.00. The van der Waals surface area contributed by atoms with Crippen LogP contribution in [0.3, 0.4) is 0 Å². The molecule has 2 N–H and O–H groups in total. The summed E-state index contributed by atoms with van der Waals surface area (Å²) < 4.78 is 0. The number of nitrogens with one attached hydrogen (secondary N) is 2. The molecule has 3 aliphatic heterocycles. The zero-order chi connectivity index (χ0) is 17.0. The van der Waals surface area contributed by atoms with E-state index in [-0.39, 0.29) is 23.9 Å². The van der Waals surface area contributed by atoms with Gasteiger partial charge in [-0.15, -0.1) is 0 Å². The van der Waals surface area contributed by atoms with Crippen LogP contribution in [0.25, 0.3) is 0 Å². The average molecular weight is 334 g/mol. The molecule has 2 saturated heterocycles. The van der Waals surface area contributed by atoms with E-state index in [1.807, 2.05) is 29.2 Å². The summed E-state index contributed by atoms with van der Waals surface area (Å²) in [5.74, 6) is -0.0805. The normalized spacial score (nSPS) is 29.3. The van der Waals surface area contributed by atoms with Crippen molar-refractivity contribution in [2.24, 2.45) is 0 Å². The van der Waals surface area contributed by atoms with Crippen LogP contribution >= 0.6 is 0 Å². The van der Waals surface area contributed by atoms with Crippen LogP contribution in [0.5, 0.6) is 0 Å². The van der Waals surface area contributed by atoms with Crippen molar-refractivity contribution in [1.29, 1.82) is 0 Å². The molecule has 3 aliphatic rings. The Labute approximate surface area is 145 Å². The van der Waals surface area contributed by atoms with Gasteiger partial charge in [-0.3, -0.25) is 14.6 Å². The monoisotopic (exact) mass is 334 g/mol. The van der Waals surface area contributed by atoms with E-state index in [1.165, 1.54) is 0 Å². The van der Waals surface area contributed by atoms with Gasteiger partial charge in [0.2, 0.25) is 0 Å². The molecule has 2 amide bonds. The molecular weight excluding hydrogens is 316 g/mol. The molecule has 1 aromatic carbocycles. The van der Waals surface area contributed by atoms with Crippen molar-refractivity contribution in [2.75, 3.05) is 5.32 Å². The predicted molar refractivity (Wildman–Crippen MR) is 92.1 cm³/mol. The van der Waals surface area contributed by atoms with Crippen LogP contribution in [-0.4, -0.2) is 39.4 Å². The van der Waals surface area contributed by atoms with Gasteiger partial charge in [-0.2, -0.15) is 0 Å². The molecule has 0 unspecified atom stereocenters. The van der Waals surface area contributed by atoms with E-state index in [1.54, 1.807) is 24.5 Å². The first-order valence-electron chi connectivity index (χ1n) is 8.60. The zero-order valence-electron chi connectivity index (χ0n) is 13.6. The van der Waals surface area contributed by atoms with Gasteiger partial charge in [0, 0.05) is 30.5 Å². The number of hydrogen-bond acceptors (Lipinski definition) is 4. The molecule has 5 rings (SSSR count). The van der Waals surface area contributed by atoms with E-state index >= 15 is 0 Å². The smallest absolute Gasteiger partial charge is 0.256 e. The highest BCUT2D eigenvalue weighted by Gasteiger charge is 2.59. The van der Waals surface area contributed by atoms with Gasteiger partial charge in [-0.25, -0.2) is 0 Å². The molecule has 0 saturated carbocycles. The largest absolute Gasteiger partial charge is 0.360 e. The second-order valence-corrected chi connectivity index (χ2v) is 7.00. The number of aromatic nitrogens is 1. The fourth-order valence-corrected chi connectivity index (χ4v) is 4.62. The second kappa shape index (κ2) is 5.05. The number of benzene rings is 1. The van der Waals surface area contributed by atoms with Crippen LogP contribution in [0, 0.1) is 0 Å². The quantitative estimate of drug-likeness (QED) is 0.837. The number of anilines is 1. The Balaban J connectivity index is 1.50. The minimum absolute atomic E-state index is 0.00705. The molecule has 6 heteroatoms. The summed E-state index contributed by atoms with van der Waals surface area (Å²) in [7, 11) is 0. The minimum Gasteiger partial charge on any atom is -0.360 e. The molecule has 25 heavy (non-hydrogen) atoms. The third-order valence-corrected chi connectivity index (χ3v) is 5.64. The highest BCUT2D eigenvalue weighted by molar-refractivity contribution is 6.02. The topological polar surface area (TPSA) is 74.3 Å². The molecule has 4 heterocycles. The van der Waals surface area contributed by atoms with Crippen molar-refractivity contribution >= 4 is 17.5 Å². The lowest BCUT2D eigenvalue weighted by atomic mass is 9.86. The number of para-hydroxylation sites is 1. The SMILES string of the molecule is O=C1N[C@]2(C[C@H]3CC[C@H]2N3C(=O)c2cccnc2)Nc2ccccc21. The van der Waals surface area contributed by atoms with Crippen LogP contribution < -0.4 is 10.6 Å².